The van der Waals surface area contributed by atoms with Gasteiger partial charge in [0.1, 0.15) is 11.6 Å². The molecule has 0 spiro atoms. The minimum absolute atomic E-state index is 0.0311. The lowest BCUT2D eigenvalue weighted by Gasteiger charge is -2.30. The summed E-state index contributed by atoms with van der Waals surface area (Å²) in [7, 11) is 0. The van der Waals surface area contributed by atoms with Gasteiger partial charge in [-0.1, -0.05) is 60.7 Å². The minimum atomic E-state index is -0.595. The molecule has 26 heavy (non-hydrogen) atoms. The Morgan fingerprint density at radius 3 is 2.12 bits per heavy atom. The molecule has 0 unspecified atom stereocenters. The Morgan fingerprint density at radius 1 is 0.962 bits per heavy atom. The van der Waals surface area contributed by atoms with Crippen LogP contribution in [-0.4, -0.2) is 35.0 Å². The first-order valence-electron chi connectivity index (χ1n) is 9.00. The summed E-state index contributed by atoms with van der Waals surface area (Å²) < 4.78 is 5.56. The SMILES string of the molecule is CC(C)(C)OC(=O)N1CC[C@@H](c2ccccc2)[C@@H]1C(=O)c1ccccc1. The van der Waals surface area contributed by atoms with Crippen LogP contribution in [-0.2, 0) is 4.74 Å². The number of carbonyl (C=O) groups is 2. The summed E-state index contributed by atoms with van der Waals surface area (Å²) in [6.45, 7) is 6.02. The molecule has 2 aromatic carbocycles. The zero-order valence-corrected chi connectivity index (χ0v) is 15.5. The fourth-order valence-electron chi connectivity index (χ4n) is 3.46. The van der Waals surface area contributed by atoms with Crippen molar-refractivity contribution in [3.8, 4) is 0 Å². The van der Waals surface area contributed by atoms with E-state index in [9.17, 15) is 9.59 Å². The Hall–Kier alpha value is -2.62. The van der Waals surface area contributed by atoms with Crippen LogP contribution in [0.4, 0.5) is 4.79 Å². The molecule has 0 N–H and O–H groups in total. The highest BCUT2D eigenvalue weighted by Crippen LogP contribution is 2.36. The summed E-state index contributed by atoms with van der Waals surface area (Å²) in [5.74, 6) is -0.0702. The predicted molar refractivity (Wildman–Crippen MR) is 101 cm³/mol. The number of hydrogen-bond acceptors (Lipinski definition) is 3. The molecule has 136 valence electrons. The molecule has 0 radical (unpaired) electrons. The molecule has 0 aromatic heterocycles. The van der Waals surface area contributed by atoms with Crippen LogP contribution in [0.3, 0.4) is 0 Å². The summed E-state index contributed by atoms with van der Waals surface area (Å²) in [4.78, 5) is 27.6. The van der Waals surface area contributed by atoms with Crippen LogP contribution in [0.2, 0.25) is 0 Å². The number of rotatable bonds is 3. The van der Waals surface area contributed by atoms with E-state index in [0.717, 1.165) is 12.0 Å². The van der Waals surface area contributed by atoms with E-state index in [-0.39, 0.29) is 11.7 Å². The number of nitrogens with zero attached hydrogens (tertiary/aromatic N) is 1. The molecular weight excluding hydrogens is 326 g/mol. The number of ketones is 1. The third-order valence-electron chi connectivity index (χ3n) is 4.58. The fraction of sp³-hybridized carbons (Fsp3) is 0.364. The van der Waals surface area contributed by atoms with Gasteiger partial charge in [0.2, 0.25) is 0 Å². The Bertz CT molecular complexity index is 765. The maximum absolute atomic E-state index is 13.3. The molecule has 0 saturated carbocycles. The lowest BCUT2D eigenvalue weighted by atomic mass is 9.87. The molecule has 1 heterocycles. The van der Waals surface area contributed by atoms with Crippen molar-refractivity contribution in [1.29, 1.82) is 0 Å². The van der Waals surface area contributed by atoms with E-state index < -0.39 is 17.7 Å². The van der Waals surface area contributed by atoms with Crippen molar-refractivity contribution < 1.29 is 14.3 Å². The van der Waals surface area contributed by atoms with Crippen LogP contribution < -0.4 is 0 Å². The molecule has 0 bridgehead atoms. The zero-order valence-electron chi connectivity index (χ0n) is 15.5. The van der Waals surface area contributed by atoms with Crippen molar-refractivity contribution in [3.63, 3.8) is 0 Å². The smallest absolute Gasteiger partial charge is 0.410 e. The maximum Gasteiger partial charge on any atom is 0.410 e. The first-order chi connectivity index (χ1) is 12.4. The fourth-order valence-corrected chi connectivity index (χ4v) is 3.46. The van der Waals surface area contributed by atoms with Gasteiger partial charge in [-0.25, -0.2) is 4.79 Å². The predicted octanol–water partition coefficient (Wildman–Crippen LogP) is 4.66. The molecule has 3 rings (SSSR count). The van der Waals surface area contributed by atoms with Crippen molar-refractivity contribution in [2.75, 3.05) is 6.54 Å². The topological polar surface area (TPSA) is 46.6 Å². The van der Waals surface area contributed by atoms with E-state index in [1.54, 1.807) is 17.0 Å². The quantitative estimate of drug-likeness (QED) is 0.756. The van der Waals surface area contributed by atoms with E-state index in [2.05, 4.69) is 0 Å². The van der Waals surface area contributed by atoms with Crippen LogP contribution in [0.5, 0.6) is 0 Å². The number of benzene rings is 2. The maximum atomic E-state index is 13.3. The Kier molecular flexibility index (Phi) is 5.12. The largest absolute Gasteiger partial charge is 0.444 e. The average Bonchev–Trinajstić information content (AvgIpc) is 3.06. The number of amides is 1. The van der Waals surface area contributed by atoms with Gasteiger partial charge < -0.3 is 4.74 Å². The second-order valence-electron chi connectivity index (χ2n) is 7.65. The molecule has 1 amide bonds. The van der Waals surface area contributed by atoms with Gasteiger partial charge in [0.15, 0.2) is 5.78 Å². The summed E-state index contributed by atoms with van der Waals surface area (Å²) >= 11 is 0. The molecule has 1 saturated heterocycles. The third kappa shape index (κ3) is 3.96. The summed E-state index contributed by atoms with van der Waals surface area (Å²) in [5, 5.41) is 0. The molecule has 4 nitrogen and oxygen atoms in total. The molecule has 2 aromatic rings. The number of carbonyl (C=O) groups excluding carboxylic acids is 2. The van der Waals surface area contributed by atoms with Gasteiger partial charge in [-0.15, -0.1) is 0 Å². The van der Waals surface area contributed by atoms with Gasteiger partial charge in [-0.2, -0.15) is 0 Å². The van der Waals surface area contributed by atoms with Crippen molar-refractivity contribution in [1.82, 2.24) is 4.90 Å². The molecule has 1 aliphatic rings. The molecule has 1 aliphatic heterocycles. The second kappa shape index (κ2) is 7.32. The number of likely N-dealkylation sites (tertiary alicyclic amines) is 1. The first kappa shape index (κ1) is 18.2. The van der Waals surface area contributed by atoms with Crippen LogP contribution >= 0.6 is 0 Å². The van der Waals surface area contributed by atoms with Crippen molar-refractivity contribution in [3.05, 3.63) is 71.8 Å². The first-order valence-corrected chi connectivity index (χ1v) is 9.00. The van der Waals surface area contributed by atoms with Gasteiger partial charge >= 0.3 is 6.09 Å². The summed E-state index contributed by atoms with van der Waals surface area (Å²) in [6.07, 6.45) is 0.317. The summed E-state index contributed by atoms with van der Waals surface area (Å²) in [5.41, 5.74) is 1.10. The van der Waals surface area contributed by atoms with Crippen LogP contribution in [0.25, 0.3) is 0 Å². The van der Waals surface area contributed by atoms with E-state index in [4.69, 9.17) is 4.74 Å². The second-order valence-corrected chi connectivity index (χ2v) is 7.65. The highest BCUT2D eigenvalue weighted by Gasteiger charge is 2.44. The highest BCUT2D eigenvalue weighted by atomic mass is 16.6. The normalized spacial score (nSPS) is 20.0. The van der Waals surface area contributed by atoms with Gasteiger partial charge in [-0.3, -0.25) is 9.69 Å². The zero-order chi connectivity index (χ0) is 18.7. The van der Waals surface area contributed by atoms with E-state index in [0.29, 0.717) is 12.1 Å². The van der Waals surface area contributed by atoms with Crippen LogP contribution in [0, 0.1) is 0 Å². The highest BCUT2D eigenvalue weighted by molar-refractivity contribution is 6.02. The third-order valence-corrected chi connectivity index (χ3v) is 4.58. The van der Waals surface area contributed by atoms with Gasteiger partial charge in [0, 0.05) is 18.0 Å². The molecule has 4 heteroatoms. The molecule has 0 aliphatic carbocycles. The molecular formula is C22H25NO3. The number of ether oxygens (including phenoxy) is 1. The monoisotopic (exact) mass is 351 g/mol. The van der Waals surface area contributed by atoms with Gasteiger partial charge in [-0.05, 0) is 32.8 Å². The summed E-state index contributed by atoms with van der Waals surface area (Å²) in [6, 6.07) is 18.6. The lowest BCUT2D eigenvalue weighted by Crippen LogP contribution is -2.45. The standard InChI is InChI=1S/C22H25NO3/c1-22(2,3)26-21(25)23-15-14-18(16-10-6-4-7-11-16)19(23)20(24)17-12-8-5-9-13-17/h4-13,18-19H,14-15H2,1-3H3/t18-,19+/m0/s1. The number of hydrogen-bond donors (Lipinski definition) is 0. The van der Waals surface area contributed by atoms with E-state index in [1.165, 1.54) is 0 Å². The lowest BCUT2D eigenvalue weighted by molar-refractivity contribution is 0.0216. The average molecular weight is 351 g/mol. The Balaban J connectivity index is 1.94. The van der Waals surface area contributed by atoms with E-state index in [1.807, 2.05) is 69.3 Å². The number of Topliss-reactive ketones (excluding diaryl/α,β-unsaturated/α-hetero) is 1. The van der Waals surface area contributed by atoms with E-state index >= 15 is 0 Å². The van der Waals surface area contributed by atoms with Crippen molar-refractivity contribution in [2.45, 2.75) is 44.8 Å². The van der Waals surface area contributed by atoms with Crippen molar-refractivity contribution in [2.24, 2.45) is 0 Å². The molecule has 1 fully saturated rings. The Labute approximate surface area is 154 Å². The van der Waals surface area contributed by atoms with Crippen molar-refractivity contribution >= 4 is 11.9 Å². The van der Waals surface area contributed by atoms with Crippen LogP contribution in [0.1, 0.15) is 49.0 Å². The van der Waals surface area contributed by atoms with Crippen LogP contribution in [0.15, 0.2) is 60.7 Å². The minimum Gasteiger partial charge on any atom is -0.444 e. The molecule has 2 atom stereocenters. The Morgan fingerprint density at radius 2 is 1.54 bits per heavy atom. The van der Waals surface area contributed by atoms with Gasteiger partial charge in [0.05, 0.1) is 0 Å². The van der Waals surface area contributed by atoms with Gasteiger partial charge in [0.25, 0.3) is 0 Å².